The van der Waals surface area contributed by atoms with Gasteiger partial charge in [-0.1, -0.05) is 0 Å². The van der Waals surface area contributed by atoms with Crippen LogP contribution in [0.15, 0.2) is 10.8 Å². The number of rotatable bonds is 3. The molecule has 7 heteroatoms. The number of ether oxygens (including phenoxy) is 1. The topological polar surface area (TPSA) is 55.3 Å². The maximum absolute atomic E-state index is 13.3. The standard InChI is InChI=1S/C11H13BrFN3O2/c1-18-9(17)4-7-2-3-16(6-7)8-5-14-10(12)11(13)15-8/h5,7H,2-4,6H2,1H3. The van der Waals surface area contributed by atoms with Crippen molar-refractivity contribution >= 4 is 27.7 Å². The molecule has 0 spiro atoms. The van der Waals surface area contributed by atoms with Crippen molar-refractivity contribution in [2.45, 2.75) is 12.8 Å². The first kappa shape index (κ1) is 13.2. The minimum absolute atomic E-state index is 0.108. The van der Waals surface area contributed by atoms with Crippen molar-refractivity contribution in [2.24, 2.45) is 5.92 Å². The molecule has 1 aromatic rings. The predicted octanol–water partition coefficient (Wildman–Crippen LogP) is 1.77. The van der Waals surface area contributed by atoms with Crippen molar-refractivity contribution < 1.29 is 13.9 Å². The Balaban J connectivity index is 1.99. The number of carbonyl (C=O) groups is 1. The molecule has 0 radical (unpaired) electrons. The van der Waals surface area contributed by atoms with Crippen molar-refractivity contribution in [2.75, 3.05) is 25.1 Å². The summed E-state index contributed by atoms with van der Waals surface area (Å²) in [4.78, 5) is 20.8. The van der Waals surface area contributed by atoms with Crippen LogP contribution in [0.3, 0.4) is 0 Å². The molecule has 1 aliphatic heterocycles. The number of carbonyl (C=O) groups excluding carboxylic acids is 1. The maximum Gasteiger partial charge on any atom is 0.305 e. The second-order valence-corrected chi connectivity index (χ2v) is 4.94. The first-order valence-electron chi connectivity index (χ1n) is 5.60. The monoisotopic (exact) mass is 317 g/mol. The van der Waals surface area contributed by atoms with Gasteiger partial charge in [0.05, 0.1) is 19.7 Å². The molecule has 1 unspecified atom stereocenters. The molecule has 1 aliphatic rings. The van der Waals surface area contributed by atoms with Crippen LogP contribution in [0.1, 0.15) is 12.8 Å². The molecular formula is C11H13BrFN3O2. The average Bonchev–Trinajstić information content (AvgIpc) is 2.81. The fraction of sp³-hybridized carbons (Fsp3) is 0.545. The van der Waals surface area contributed by atoms with Gasteiger partial charge in [-0.3, -0.25) is 4.79 Å². The average molecular weight is 318 g/mol. The Kier molecular flexibility index (Phi) is 4.11. The lowest BCUT2D eigenvalue weighted by molar-refractivity contribution is -0.141. The van der Waals surface area contributed by atoms with E-state index in [2.05, 4.69) is 30.6 Å². The number of nitrogens with zero attached hydrogens (tertiary/aromatic N) is 3. The smallest absolute Gasteiger partial charge is 0.305 e. The molecule has 1 aromatic heterocycles. The molecule has 0 saturated carbocycles. The van der Waals surface area contributed by atoms with E-state index in [-0.39, 0.29) is 16.5 Å². The Labute approximate surface area is 112 Å². The van der Waals surface area contributed by atoms with Crippen LogP contribution < -0.4 is 4.90 Å². The Morgan fingerprint density at radius 2 is 2.50 bits per heavy atom. The van der Waals surface area contributed by atoms with Gasteiger partial charge in [0.25, 0.3) is 0 Å². The quantitative estimate of drug-likeness (QED) is 0.795. The van der Waals surface area contributed by atoms with Crippen molar-refractivity contribution in [3.8, 4) is 0 Å². The van der Waals surface area contributed by atoms with Crippen LogP contribution in [-0.2, 0) is 9.53 Å². The van der Waals surface area contributed by atoms with Crippen LogP contribution in [-0.4, -0.2) is 36.1 Å². The van der Waals surface area contributed by atoms with E-state index in [9.17, 15) is 9.18 Å². The maximum atomic E-state index is 13.3. The lowest BCUT2D eigenvalue weighted by atomic mass is 10.1. The third-order valence-corrected chi connectivity index (χ3v) is 3.50. The number of esters is 1. The van der Waals surface area contributed by atoms with Gasteiger partial charge in [0.1, 0.15) is 0 Å². The van der Waals surface area contributed by atoms with E-state index in [1.807, 2.05) is 4.90 Å². The minimum Gasteiger partial charge on any atom is -0.469 e. The summed E-state index contributed by atoms with van der Waals surface area (Å²) >= 11 is 2.96. The lowest BCUT2D eigenvalue weighted by Gasteiger charge is -2.16. The normalized spacial score (nSPS) is 19.1. The highest BCUT2D eigenvalue weighted by atomic mass is 79.9. The molecule has 1 fully saturated rings. The molecule has 0 aliphatic carbocycles. The Hall–Kier alpha value is -1.24. The number of methoxy groups -OCH3 is 1. The highest BCUT2D eigenvalue weighted by Crippen LogP contribution is 2.25. The van der Waals surface area contributed by atoms with Gasteiger partial charge >= 0.3 is 5.97 Å². The molecule has 2 heterocycles. The Morgan fingerprint density at radius 3 is 3.17 bits per heavy atom. The van der Waals surface area contributed by atoms with Gasteiger partial charge in [0, 0.05) is 13.1 Å². The highest BCUT2D eigenvalue weighted by molar-refractivity contribution is 9.10. The number of hydrogen-bond donors (Lipinski definition) is 0. The first-order chi connectivity index (χ1) is 8.60. The van der Waals surface area contributed by atoms with E-state index in [0.29, 0.717) is 18.8 Å². The third-order valence-electron chi connectivity index (χ3n) is 2.97. The zero-order valence-electron chi connectivity index (χ0n) is 9.90. The largest absolute Gasteiger partial charge is 0.469 e. The van der Waals surface area contributed by atoms with Gasteiger partial charge < -0.3 is 9.64 Å². The van der Waals surface area contributed by atoms with Crippen LogP contribution in [0, 0.1) is 11.9 Å². The zero-order chi connectivity index (χ0) is 13.1. The van der Waals surface area contributed by atoms with E-state index in [4.69, 9.17) is 0 Å². The highest BCUT2D eigenvalue weighted by Gasteiger charge is 2.26. The van der Waals surface area contributed by atoms with Crippen LogP contribution in [0.25, 0.3) is 0 Å². The second-order valence-electron chi connectivity index (χ2n) is 4.19. The van der Waals surface area contributed by atoms with Gasteiger partial charge in [0.2, 0.25) is 5.95 Å². The molecule has 0 bridgehead atoms. The van der Waals surface area contributed by atoms with E-state index >= 15 is 0 Å². The fourth-order valence-corrected chi connectivity index (χ4v) is 2.21. The number of halogens is 2. The second kappa shape index (κ2) is 5.60. The number of aromatic nitrogens is 2. The van der Waals surface area contributed by atoms with E-state index in [0.717, 1.165) is 13.0 Å². The zero-order valence-corrected chi connectivity index (χ0v) is 11.5. The van der Waals surface area contributed by atoms with Crippen molar-refractivity contribution in [3.63, 3.8) is 0 Å². The fourth-order valence-electron chi connectivity index (χ4n) is 2.02. The Morgan fingerprint density at radius 1 is 1.72 bits per heavy atom. The summed E-state index contributed by atoms with van der Waals surface area (Å²) in [6.07, 6.45) is 2.78. The van der Waals surface area contributed by atoms with Crippen LogP contribution in [0.2, 0.25) is 0 Å². The van der Waals surface area contributed by atoms with Crippen LogP contribution in [0.4, 0.5) is 10.2 Å². The lowest BCUT2D eigenvalue weighted by Crippen LogP contribution is -2.22. The summed E-state index contributed by atoms with van der Waals surface area (Å²) in [5.74, 6) is -0.104. The molecule has 1 saturated heterocycles. The van der Waals surface area contributed by atoms with E-state index in [1.165, 1.54) is 13.3 Å². The van der Waals surface area contributed by atoms with Crippen LogP contribution >= 0.6 is 15.9 Å². The molecule has 1 atom stereocenters. The summed E-state index contributed by atoms with van der Waals surface area (Å²) in [6, 6.07) is 0. The number of anilines is 1. The molecule has 18 heavy (non-hydrogen) atoms. The molecule has 0 N–H and O–H groups in total. The van der Waals surface area contributed by atoms with Crippen molar-refractivity contribution in [1.29, 1.82) is 0 Å². The van der Waals surface area contributed by atoms with Gasteiger partial charge in [-0.05, 0) is 28.3 Å². The van der Waals surface area contributed by atoms with Gasteiger partial charge in [-0.2, -0.15) is 9.37 Å². The summed E-state index contributed by atoms with van der Waals surface area (Å²) in [5.41, 5.74) is 0. The number of hydrogen-bond acceptors (Lipinski definition) is 5. The minimum atomic E-state index is -0.621. The van der Waals surface area contributed by atoms with Crippen LogP contribution in [0.5, 0.6) is 0 Å². The molecule has 98 valence electrons. The van der Waals surface area contributed by atoms with Crippen molar-refractivity contribution in [1.82, 2.24) is 9.97 Å². The summed E-state index contributed by atoms with van der Waals surface area (Å²) in [7, 11) is 1.38. The van der Waals surface area contributed by atoms with Gasteiger partial charge in [-0.15, -0.1) is 0 Å². The Bertz CT molecular complexity index is 458. The molecular weight excluding hydrogens is 305 g/mol. The molecule has 5 nitrogen and oxygen atoms in total. The first-order valence-corrected chi connectivity index (χ1v) is 6.39. The third kappa shape index (κ3) is 2.95. The predicted molar refractivity (Wildman–Crippen MR) is 66.6 cm³/mol. The SMILES string of the molecule is COC(=O)CC1CCN(c2cnc(Br)c(F)n2)C1. The summed E-state index contributed by atoms with van der Waals surface area (Å²) < 4.78 is 18.0. The van der Waals surface area contributed by atoms with Gasteiger partial charge in [-0.25, -0.2) is 4.98 Å². The molecule has 2 rings (SSSR count). The van der Waals surface area contributed by atoms with Crippen molar-refractivity contribution in [3.05, 3.63) is 16.7 Å². The van der Waals surface area contributed by atoms with Gasteiger partial charge in [0.15, 0.2) is 10.4 Å². The summed E-state index contributed by atoms with van der Waals surface area (Å²) in [6.45, 7) is 1.42. The molecule has 0 amide bonds. The van der Waals surface area contributed by atoms with E-state index in [1.54, 1.807) is 0 Å². The summed E-state index contributed by atoms with van der Waals surface area (Å²) in [5, 5.41) is 0. The van der Waals surface area contributed by atoms with E-state index < -0.39 is 5.95 Å². The molecule has 0 aromatic carbocycles.